The van der Waals surface area contributed by atoms with E-state index < -0.39 is 0 Å². The van der Waals surface area contributed by atoms with Crippen LogP contribution in [-0.2, 0) is 6.42 Å². The highest BCUT2D eigenvalue weighted by Gasteiger charge is 2.31. The number of pyridine rings is 1. The third-order valence-electron chi connectivity index (χ3n) is 5.47. The SMILES string of the molecule is CCc1nc2cccnc2n1[C@@H]1CCN(C(=O)c2cc3cc(F)ccc3[nH]2)C1. The second-order valence-electron chi connectivity index (χ2n) is 7.21. The number of hydrogen-bond donors (Lipinski definition) is 1. The summed E-state index contributed by atoms with van der Waals surface area (Å²) >= 11 is 0. The van der Waals surface area contributed by atoms with Gasteiger partial charge >= 0.3 is 0 Å². The van der Waals surface area contributed by atoms with Gasteiger partial charge in [0.05, 0.1) is 6.04 Å². The van der Waals surface area contributed by atoms with Gasteiger partial charge in [-0.05, 0) is 42.8 Å². The normalized spacial score (nSPS) is 17.1. The molecule has 0 radical (unpaired) electrons. The molecule has 0 unspecified atom stereocenters. The zero-order chi connectivity index (χ0) is 19.3. The number of benzene rings is 1. The Balaban J connectivity index is 1.43. The molecule has 4 heterocycles. The summed E-state index contributed by atoms with van der Waals surface area (Å²) in [6.07, 6.45) is 3.45. The Morgan fingerprint density at radius 3 is 3.07 bits per heavy atom. The van der Waals surface area contributed by atoms with Crippen molar-refractivity contribution in [3.8, 4) is 0 Å². The predicted octanol–water partition coefficient (Wildman–Crippen LogP) is 3.70. The summed E-state index contributed by atoms with van der Waals surface area (Å²) < 4.78 is 15.6. The fourth-order valence-corrected chi connectivity index (χ4v) is 4.14. The van der Waals surface area contributed by atoms with E-state index in [1.165, 1.54) is 12.1 Å². The molecule has 1 aromatic carbocycles. The fraction of sp³-hybridized carbons (Fsp3) is 0.286. The highest BCUT2D eigenvalue weighted by molar-refractivity contribution is 5.98. The summed E-state index contributed by atoms with van der Waals surface area (Å²) in [6.45, 7) is 3.36. The molecule has 1 saturated heterocycles. The predicted molar refractivity (Wildman–Crippen MR) is 105 cm³/mol. The van der Waals surface area contributed by atoms with E-state index in [9.17, 15) is 9.18 Å². The van der Waals surface area contributed by atoms with Crippen molar-refractivity contribution in [1.82, 2.24) is 24.4 Å². The average Bonchev–Trinajstić information content (AvgIpc) is 3.42. The van der Waals surface area contributed by atoms with Gasteiger partial charge < -0.3 is 14.5 Å². The number of aromatic amines is 1. The Morgan fingerprint density at radius 1 is 1.32 bits per heavy atom. The molecule has 1 N–H and O–H groups in total. The minimum absolute atomic E-state index is 0.0606. The largest absolute Gasteiger partial charge is 0.351 e. The number of nitrogens with zero attached hydrogens (tertiary/aromatic N) is 4. The Bertz CT molecular complexity index is 1190. The van der Waals surface area contributed by atoms with Crippen LogP contribution in [0.25, 0.3) is 22.1 Å². The number of hydrogen-bond acceptors (Lipinski definition) is 3. The molecule has 6 nitrogen and oxygen atoms in total. The summed E-state index contributed by atoms with van der Waals surface area (Å²) in [5, 5.41) is 0.706. The van der Waals surface area contributed by atoms with Gasteiger partial charge in [0.15, 0.2) is 5.65 Å². The number of amides is 1. The number of aryl methyl sites for hydroxylation is 1. The van der Waals surface area contributed by atoms with Crippen LogP contribution in [0.4, 0.5) is 4.39 Å². The molecule has 3 aromatic heterocycles. The molecule has 0 spiro atoms. The number of likely N-dealkylation sites (tertiary alicyclic amines) is 1. The minimum atomic E-state index is -0.307. The van der Waals surface area contributed by atoms with Crippen molar-refractivity contribution in [3.63, 3.8) is 0 Å². The summed E-state index contributed by atoms with van der Waals surface area (Å²) in [6, 6.07) is 10.2. The topological polar surface area (TPSA) is 66.8 Å². The molecule has 28 heavy (non-hydrogen) atoms. The number of imidazole rings is 1. The zero-order valence-corrected chi connectivity index (χ0v) is 15.5. The number of fused-ring (bicyclic) bond motifs is 2. The number of rotatable bonds is 3. The molecular formula is C21H20FN5O. The van der Waals surface area contributed by atoms with Gasteiger partial charge in [-0.3, -0.25) is 4.79 Å². The first-order chi connectivity index (χ1) is 13.6. The van der Waals surface area contributed by atoms with Gasteiger partial charge in [-0.1, -0.05) is 6.92 Å². The van der Waals surface area contributed by atoms with Crippen LogP contribution in [0.5, 0.6) is 0 Å². The molecule has 1 aliphatic heterocycles. The molecule has 7 heteroatoms. The Morgan fingerprint density at radius 2 is 2.21 bits per heavy atom. The first-order valence-corrected chi connectivity index (χ1v) is 9.53. The second-order valence-corrected chi connectivity index (χ2v) is 7.21. The lowest BCUT2D eigenvalue weighted by molar-refractivity contribution is 0.0783. The quantitative estimate of drug-likeness (QED) is 0.592. The number of nitrogens with one attached hydrogen (secondary N) is 1. The first-order valence-electron chi connectivity index (χ1n) is 9.53. The van der Waals surface area contributed by atoms with E-state index in [1.807, 2.05) is 17.0 Å². The van der Waals surface area contributed by atoms with Gasteiger partial charge in [0, 0.05) is 36.6 Å². The van der Waals surface area contributed by atoms with Crippen LogP contribution in [0.3, 0.4) is 0 Å². The number of H-pyrrole nitrogens is 1. The molecule has 1 aliphatic rings. The van der Waals surface area contributed by atoms with Gasteiger partial charge in [-0.25, -0.2) is 14.4 Å². The molecule has 142 valence electrons. The summed E-state index contributed by atoms with van der Waals surface area (Å²) in [5.74, 6) is 0.627. The van der Waals surface area contributed by atoms with E-state index in [0.717, 1.165) is 35.3 Å². The fourth-order valence-electron chi connectivity index (χ4n) is 4.14. The van der Waals surface area contributed by atoms with Gasteiger partial charge in [-0.15, -0.1) is 0 Å². The van der Waals surface area contributed by atoms with Crippen molar-refractivity contribution in [2.45, 2.75) is 25.8 Å². The van der Waals surface area contributed by atoms with Crippen LogP contribution in [0, 0.1) is 5.82 Å². The van der Waals surface area contributed by atoms with E-state index in [-0.39, 0.29) is 17.8 Å². The average molecular weight is 377 g/mol. The number of carbonyl (C=O) groups excluding carboxylic acids is 1. The van der Waals surface area contributed by atoms with Crippen LogP contribution >= 0.6 is 0 Å². The van der Waals surface area contributed by atoms with Crippen molar-refractivity contribution < 1.29 is 9.18 Å². The second kappa shape index (κ2) is 6.44. The third kappa shape index (κ3) is 2.66. The van der Waals surface area contributed by atoms with Crippen molar-refractivity contribution in [1.29, 1.82) is 0 Å². The lowest BCUT2D eigenvalue weighted by Gasteiger charge is -2.18. The van der Waals surface area contributed by atoms with Crippen LogP contribution in [0.2, 0.25) is 0 Å². The van der Waals surface area contributed by atoms with E-state index in [1.54, 1.807) is 18.3 Å². The van der Waals surface area contributed by atoms with E-state index in [0.29, 0.717) is 24.2 Å². The molecule has 0 saturated carbocycles. The zero-order valence-electron chi connectivity index (χ0n) is 15.5. The highest BCUT2D eigenvalue weighted by Crippen LogP contribution is 2.29. The monoisotopic (exact) mass is 377 g/mol. The Hall–Kier alpha value is -3.22. The van der Waals surface area contributed by atoms with Gasteiger partial charge in [-0.2, -0.15) is 0 Å². The molecule has 1 fully saturated rings. The van der Waals surface area contributed by atoms with Gasteiger partial charge in [0.1, 0.15) is 22.9 Å². The highest BCUT2D eigenvalue weighted by atomic mass is 19.1. The number of halogens is 1. The maximum atomic E-state index is 13.4. The van der Waals surface area contributed by atoms with Gasteiger partial charge in [0.25, 0.3) is 5.91 Å². The van der Waals surface area contributed by atoms with Crippen molar-refractivity contribution in [3.05, 3.63) is 59.9 Å². The van der Waals surface area contributed by atoms with Crippen molar-refractivity contribution in [2.75, 3.05) is 13.1 Å². The summed E-state index contributed by atoms with van der Waals surface area (Å²) in [5.41, 5.74) is 3.02. The maximum absolute atomic E-state index is 13.4. The molecule has 5 rings (SSSR count). The van der Waals surface area contributed by atoms with E-state index in [4.69, 9.17) is 4.98 Å². The standard InChI is InChI=1S/C21H20FN5O/c1-2-19-25-17-4-3-8-23-20(17)27(19)15-7-9-26(12-15)21(28)18-11-13-10-14(22)5-6-16(13)24-18/h3-6,8,10-11,15,24H,2,7,9,12H2,1H3/t15-/m1/s1. The maximum Gasteiger partial charge on any atom is 0.270 e. The summed E-state index contributed by atoms with van der Waals surface area (Å²) in [7, 11) is 0. The Labute approximate surface area is 161 Å². The van der Waals surface area contributed by atoms with Crippen molar-refractivity contribution >= 4 is 28.0 Å². The summed E-state index contributed by atoms with van der Waals surface area (Å²) in [4.78, 5) is 27.2. The van der Waals surface area contributed by atoms with Crippen LogP contribution < -0.4 is 0 Å². The molecule has 0 aliphatic carbocycles. The first kappa shape index (κ1) is 16.9. The van der Waals surface area contributed by atoms with Crippen LogP contribution in [0.15, 0.2) is 42.6 Å². The lowest BCUT2D eigenvalue weighted by atomic mass is 10.2. The number of aromatic nitrogens is 4. The van der Waals surface area contributed by atoms with Crippen LogP contribution in [-0.4, -0.2) is 43.4 Å². The van der Waals surface area contributed by atoms with Crippen LogP contribution in [0.1, 0.15) is 35.7 Å². The third-order valence-corrected chi connectivity index (χ3v) is 5.47. The molecule has 4 aromatic rings. The Kier molecular flexibility index (Phi) is 3.89. The molecular weight excluding hydrogens is 357 g/mol. The van der Waals surface area contributed by atoms with Gasteiger partial charge in [0.2, 0.25) is 0 Å². The smallest absolute Gasteiger partial charge is 0.270 e. The molecule has 1 amide bonds. The molecule has 0 bridgehead atoms. The van der Waals surface area contributed by atoms with E-state index >= 15 is 0 Å². The van der Waals surface area contributed by atoms with E-state index in [2.05, 4.69) is 21.5 Å². The molecule has 1 atom stereocenters. The lowest BCUT2D eigenvalue weighted by Crippen LogP contribution is -2.29. The minimum Gasteiger partial charge on any atom is -0.351 e. The number of carbonyl (C=O) groups is 1. The van der Waals surface area contributed by atoms with Crippen molar-refractivity contribution in [2.24, 2.45) is 0 Å².